The Balaban J connectivity index is 2.03. The molecular weight excluding hydrogens is 346 g/mol. The van der Waals surface area contributed by atoms with Crippen LogP contribution in [0, 0.1) is 9.39 Å². The van der Waals surface area contributed by atoms with Gasteiger partial charge in [-0.2, -0.15) is 0 Å². The van der Waals surface area contributed by atoms with Gasteiger partial charge < -0.3 is 4.74 Å². The summed E-state index contributed by atoms with van der Waals surface area (Å²) in [4.78, 5) is 11.8. The highest BCUT2D eigenvalue weighted by molar-refractivity contribution is 14.1. The Morgan fingerprint density at radius 2 is 1.94 bits per heavy atom. The quantitative estimate of drug-likeness (QED) is 0.617. The molecule has 18 heavy (non-hydrogen) atoms. The first-order valence-corrected chi connectivity index (χ1v) is 6.41. The predicted octanol–water partition coefficient (Wildman–Crippen LogP) is 3.69. The van der Waals surface area contributed by atoms with Crippen LogP contribution in [0.5, 0.6) is 5.75 Å². The molecule has 0 fully saturated rings. The van der Waals surface area contributed by atoms with Gasteiger partial charge in [0, 0.05) is 3.57 Å². The van der Waals surface area contributed by atoms with E-state index in [9.17, 15) is 9.18 Å². The summed E-state index contributed by atoms with van der Waals surface area (Å²) in [6, 6.07) is 13.2. The van der Waals surface area contributed by atoms with Gasteiger partial charge in [0.15, 0.2) is 6.61 Å². The smallest absolute Gasteiger partial charge is 0.203 e. The van der Waals surface area contributed by atoms with E-state index in [1.54, 1.807) is 18.2 Å². The molecule has 0 N–H and O–H groups in total. The van der Waals surface area contributed by atoms with E-state index in [0.717, 1.165) is 3.57 Å². The second-order valence-electron chi connectivity index (χ2n) is 3.65. The molecule has 4 heteroatoms. The minimum Gasteiger partial charge on any atom is -0.485 e. The van der Waals surface area contributed by atoms with E-state index in [1.807, 2.05) is 18.2 Å². The van der Waals surface area contributed by atoms with Crippen LogP contribution in [0.2, 0.25) is 0 Å². The monoisotopic (exact) mass is 356 g/mol. The van der Waals surface area contributed by atoms with Crippen molar-refractivity contribution in [3.05, 3.63) is 63.5 Å². The second-order valence-corrected chi connectivity index (χ2v) is 4.89. The molecule has 0 spiro atoms. The molecule has 0 aliphatic heterocycles. The third-order valence-corrected chi connectivity index (χ3v) is 3.01. The van der Waals surface area contributed by atoms with E-state index in [0.29, 0.717) is 5.75 Å². The predicted molar refractivity (Wildman–Crippen MR) is 75.4 cm³/mol. The van der Waals surface area contributed by atoms with Crippen LogP contribution in [-0.4, -0.2) is 12.4 Å². The van der Waals surface area contributed by atoms with Gasteiger partial charge in [0.25, 0.3) is 0 Å². The SMILES string of the molecule is O=C(COc1cccc(I)c1)c1ccccc1F. The normalized spacial score (nSPS) is 10.1. The summed E-state index contributed by atoms with van der Waals surface area (Å²) in [7, 11) is 0. The van der Waals surface area contributed by atoms with E-state index < -0.39 is 5.82 Å². The standard InChI is InChI=1S/C14H10FIO2/c15-13-7-2-1-6-12(13)14(17)9-18-11-5-3-4-10(16)8-11/h1-8H,9H2. The topological polar surface area (TPSA) is 26.3 Å². The molecule has 0 radical (unpaired) electrons. The molecular formula is C14H10FIO2. The van der Waals surface area contributed by atoms with Crippen LogP contribution in [0.1, 0.15) is 10.4 Å². The molecule has 0 saturated carbocycles. The van der Waals surface area contributed by atoms with Gasteiger partial charge >= 0.3 is 0 Å². The van der Waals surface area contributed by atoms with E-state index in [4.69, 9.17) is 4.74 Å². The summed E-state index contributed by atoms with van der Waals surface area (Å²) in [5.41, 5.74) is 0.0585. The summed E-state index contributed by atoms with van der Waals surface area (Å²) >= 11 is 2.15. The molecule has 2 aromatic rings. The molecule has 0 saturated heterocycles. The largest absolute Gasteiger partial charge is 0.485 e. The average Bonchev–Trinajstić information content (AvgIpc) is 2.37. The Kier molecular flexibility index (Phi) is 4.30. The number of carbonyl (C=O) groups excluding carboxylic acids is 1. The zero-order valence-corrected chi connectivity index (χ0v) is 11.6. The molecule has 2 nitrogen and oxygen atoms in total. The van der Waals surface area contributed by atoms with Crippen LogP contribution in [0.25, 0.3) is 0 Å². The van der Waals surface area contributed by atoms with Gasteiger partial charge in [-0.05, 0) is 52.9 Å². The number of rotatable bonds is 4. The van der Waals surface area contributed by atoms with Gasteiger partial charge in [-0.15, -0.1) is 0 Å². The zero-order valence-electron chi connectivity index (χ0n) is 9.40. The van der Waals surface area contributed by atoms with Gasteiger partial charge in [-0.3, -0.25) is 4.79 Å². The highest BCUT2D eigenvalue weighted by Gasteiger charge is 2.11. The van der Waals surface area contributed by atoms with E-state index in [-0.39, 0.29) is 18.0 Å². The number of carbonyl (C=O) groups is 1. The van der Waals surface area contributed by atoms with Crippen molar-refractivity contribution in [2.75, 3.05) is 6.61 Å². The fourth-order valence-corrected chi connectivity index (χ4v) is 1.99. The number of ketones is 1. The lowest BCUT2D eigenvalue weighted by Crippen LogP contribution is -2.13. The van der Waals surface area contributed by atoms with Gasteiger partial charge in [0.2, 0.25) is 5.78 Å². The van der Waals surface area contributed by atoms with Crippen molar-refractivity contribution in [3.63, 3.8) is 0 Å². The lowest BCUT2D eigenvalue weighted by Gasteiger charge is -2.06. The van der Waals surface area contributed by atoms with Crippen LogP contribution in [0.15, 0.2) is 48.5 Å². The third kappa shape index (κ3) is 3.29. The molecule has 2 rings (SSSR count). The number of ether oxygens (including phenoxy) is 1. The lowest BCUT2D eigenvalue weighted by molar-refractivity contribution is 0.0917. The molecule has 0 aliphatic rings. The Labute approximate surface area is 118 Å². The van der Waals surface area contributed by atoms with Crippen molar-refractivity contribution in [1.82, 2.24) is 0 Å². The first-order chi connectivity index (χ1) is 8.66. The molecule has 0 aromatic heterocycles. The van der Waals surface area contributed by atoms with Crippen molar-refractivity contribution < 1.29 is 13.9 Å². The van der Waals surface area contributed by atoms with Crippen LogP contribution < -0.4 is 4.74 Å². The highest BCUT2D eigenvalue weighted by Crippen LogP contribution is 2.15. The number of hydrogen-bond donors (Lipinski definition) is 0. The van der Waals surface area contributed by atoms with E-state index >= 15 is 0 Å². The van der Waals surface area contributed by atoms with Crippen LogP contribution in [-0.2, 0) is 0 Å². The summed E-state index contributed by atoms with van der Waals surface area (Å²) < 4.78 is 19.7. The minimum absolute atomic E-state index is 0.0585. The Hall–Kier alpha value is -1.43. The summed E-state index contributed by atoms with van der Waals surface area (Å²) in [5, 5.41) is 0. The fraction of sp³-hybridized carbons (Fsp3) is 0.0714. The number of benzene rings is 2. The summed E-state index contributed by atoms with van der Waals surface area (Å²) in [5.74, 6) is -0.285. The summed E-state index contributed by atoms with van der Waals surface area (Å²) in [6.45, 7) is -0.166. The third-order valence-electron chi connectivity index (χ3n) is 2.34. The van der Waals surface area contributed by atoms with Gasteiger partial charge in [-0.25, -0.2) is 4.39 Å². The molecule has 0 aliphatic carbocycles. The molecule has 0 amide bonds. The van der Waals surface area contributed by atoms with Crippen molar-refractivity contribution in [2.45, 2.75) is 0 Å². The second kappa shape index (κ2) is 5.95. The maximum atomic E-state index is 13.4. The molecule has 0 bridgehead atoms. The lowest BCUT2D eigenvalue weighted by atomic mass is 10.1. The molecule has 0 heterocycles. The Morgan fingerprint density at radius 1 is 1.17 bits per heavy atom. The fourth-order valence-electron chi connectivity index (χ4n) is 1.47. The van der Waals surface area contributed by atoms with Crippen LogP contribution in [0.3, 0.4) is 0 Å². The minimum atomic E-state index is -0.520. The molecule has 92 valence electrons. The number of hydrogen-bond acceptors (Lipinski definition) is 2. The van der Waals surface area contributed by atoms with Crippen molar-refractivity contribution in [1.29, 1.82) is 0 Å². The van der Waals surface area contributed by atoms with Crippen LogP contribution >= 0.6 is 22.6 Å². The molecule has 0 unspecified atom stereocenters. The maximum Gasteiger partial charge on any atom is 0.203 e. The van der Waals surface area contributed by atoms with Gasteiger partial charge in [0.1, 0.15) is 11.6 Å². The highest BCUT2D eigenvalue weighted by atomic mass is 127. The summed E-state index contributed by atoms with van der Waals surface area (Å²) in [6.07, 6.45) is 0. The zero-order chi connectivity index (χ0) is 13.0. The maximum absolute atomic E-state index is 13.4. The van der Waals surface area contributed by atoms with Gasteiger partial charge in [-0.1, -0.05) is 18.2 Å². The van der Waals surface area contributed by atoms with Crippen molar-refractivity contribution in [2.24, 2.45) is 0 Å². The number of halogens is 2. The van der Waals surface area contributed by atoms with E-state index in [2.05, 4.69) is 22.6 Å². The Bertz CT molecular complexity index is 569. The van der Waals surface area contributed by atoms with Gasteiger partial charge in [0.05, 0.1) is 5.56 Å². The van der Waals surface area contributed by atoms with Crippen molar-refractivity contribution in [3.8, 4) is 5.75 Å². The van der Waals surface area contributed by atoms with Crippen molar-refractivity contribution >= 4 is 28.4 Å². The number of Topliss-reactive ketones (excluding diaryl/α,β-unsaturated/α-hetero) is 1. The van der Waals surface area contributed by atoms with E-state index in [1.165, 1.54) is 12.1 Å². The average molecular weight is 356 g/mol. The Morgan fingerprint density at radius 3 is 2.67 bits per heavy atom. The van der Waals surface area contributed by atoms with Crippen LogP contribution in [0.4, 0.5) is 4.39 Å². The first kappa shape index (κ1) is 13.0. The molecule has 0 atom stereocenters. The first-order valence-electron chi connectivity index (χ1n) is 5.33. The molecule has 2 aromatic carbocycles.